The number of ether oxygens (including phenoxy) is 2. The summed E-state index contributed by atoms with van der Waals surface area (Å²) >= 11 is 0. The Bertz CT molecular complexity index is 835. The summed E-state index contributed by atoms with van der Waals surface area (Å²) in [5.41, 5.74) is 2.10. The Morgan fingerprint density at radius 2 is 1.59 bits per heavy atom. The Balaban J connectivity index is 1.51. The average Bonchev–Trinajstić information content (AvgIpc) is 2.75. The first-order valence-electron chi connectivity index (χ1n) is 9.94. The molecule has 152 valence electrons. The van der Waals surface area contributed by atoms with Gasteiger partial charge in [0.05, 0.1) is 12.7 Å². The monoisotopic (exact) mass is 393 g/mol. The van der Waals surface area contributed by atoms with Crippen molar-refractivity contribution in [3.63, 3.8) is 0 Å². The highest BCUT2D eigenvalue weighted by Crippen LogP contribution is 2.24. The summed E-state index contributed by atoms with van der Waals surface area (Å²) in [5, 5.41) is 9.69. The van der Waals surface area contributed by atoms with Gasteiger partial charge in [0, 0.05) is 26.2 Å². The molecule has 1 fully saturated rings. The van der Waals surface area contributed by atoms with Crippen LogP contribution in [0.15, 0.2) is 48.5 Å². The molecule has 0 spiro atoms. The number of carbonyl (C=O) groups excluding carboxylic acids is 1. The number of rotatable bonds is 7. The molecule has 0 radical (unpaired) electrons. The molecule has 29 heavy (non-hydrogen) atoms. The maximum Gasteiger partial charge on any atom is 0.260 e. The van der Waals surface area contributed by atoms with Crippen molar-refractivity contribution >= 4 is 5.91 Å². The molecule has 1 aliphatic heterocycles. The van der Waals surface area contributed by atoms with E-state index in [9.17, 15) is 10.1 Å². The standard InChI is InChI=1S/C23H27N3O3/c1-3-28-20-10-6-19(7-11-20)22(16-24)25-12-14-26(15-13-25)23(27)17-29-21-8-4-18(2)5-9-21/h4-11,22H,3,12-15,17H2,1-2H3. The summed E-state index contributed by atoms with van der Waals surface area (Å²) in [5.74, 6) is 1.47. The maximum absolute atomic E-state index is 12.5. The Morgan fingerprint density at radius 3 is 2.17 bits per heavy atom. The van der Waals surface area contributed by atoms with Gasteiger partial charge in [-0.2, -0.15) is 5.26 Å². The van der Waals surface area contributed by atoms with Crippen molar-refractivity contribution < 1.29 is 14.3 Å². The third-order valence-corrected chi connectivity index (χ3v) is 5.04. The van der Waals surface area contributed by atoms with Crippen LogP contribution in [0.3, 0.4) is 0 Å². The van der Waals surface area contributed by atoms with E-state index >= 15 is 0 Å². The lowest BCUT2D eigenvalue weighted by Gasteiger charge is -2.37. The van der Waals surface area contributed by atoms with Crippen LogP contribution in [0.5, 0.6) is 11.5 Å². The summed E-state index contributed by atoms with van der Waals surface area (Å²) in [7, 11) is 0. The first-order valence-corrected chi connectivity index (χ1v) is 9.94. The van der Waals surface area contributed by atoms with Gasteiger partial charge in [0.1, 0.15) is 17.5 Å². The average molecular weight is 393 g/mol. The Labute approximate surface area is 172 Å². The van der Waals surface area contributed by atoms with E-state index in [0.717, 1.165) is 16.9 Å². The number of nitriles is 1. The number of hydrogen-bond acceptors (Lipinski definition) is 5. The summed E-state index contributed by atoms with van der Waals surface area (Å²) in [6, 6.07) is 17.4. The normalized spacial score (nSPS) is 15.4. The van der Waals surface area contributed by atoms with Crippen molar-refractivity contribution in [1.29, 1.82) is 5.26 Å². The van der Waals surface area contributed by atoms with Gasteiger partial charge in [-0.25, -0.2) is 0 Å². The second-order valence-corrected chi connectivity index (χ2v) is 7.05. The minimum Gasteiger partial charge on any atom is -0.494 e. The van der Waals surface area contributed by atoms with E-state index in [1.165, 1.54) is 0 Å². The van der Waals surface area contributed by atoms with Crippen LogP contribution in [0.1, 0.15) is 24.1 Å². The van der Waals surface area contributed by atoms with Crippen molar-refractivity contribution in [3.8, 4) is 17.6 Å². The van der Waals surface area contributed by atoms with Crippen LogP contribution in [0.2, 0.25) is 0 Å². The van der Waals surface area contributed by atoms with Crippen LogP contribution in [0, 0.1) is 18.3 Å². The third kappa shape index (κ3) is 5.49. The molecule has 6 nitrogen and oxygen atoms in total. The third-order valence-electron chi connectivity index (χ3n) is 5.04. The smallest absolute Gasteiger partial charge is 0.260 e. The molecule has 3 rings (SSSR count). The van der Waals surface area contributed by atoms with Gasteiger partial charge >= 0.3 is 0 Å². The molecule has 0 aliphatic carbocycles. The van der Waals surface area contributed by atoms with Crippen molar-refractivity contribution in [2.45, 2.75) is 19.9 Å². The van der Waals surface area contributed by atoms with Gasteiger partial charge in [0.15, 0.2) is 6.61 Å². The Morgan fingerprint density at radius 1 is 1.00 bits per heavy atom. The summed E-state index contributed by atoms with van der Waals surface area (Å²) in [6.07, 6.45) is 0. The molecule has 0 N–H and O–H groups in total. The second-order valence-electron chi connectivity index (χ2n) is 7.05. The molecule has 0 bridgehead atoms. The highest BCUT2D eigenvalue weighted by Gasteiger charge is 2.27. The van der Waals surface area contributed by atoms with E-state index in [4.69, 9.17) is 9.47 Å². The zero-order valence-electron chi connectivity index (χ0n) is 17.0. The van der Waals surface area contributed by atoms with Crippen molar-refractivity contribution in [1.82, 2.24) is 9.80 Å². The molecule has 1 aliphatic rings. The molecule has 1 saturated heterocycles. The highest BCUT2D eigenvalue weighted by atomic mass is 16.5. The molecule has 6 heteroatoms. The molecule has 1 unspecified atom stereocenters. The number of benzene rings is 2. The fraction of sp³-hybridized carbons (Fsp3) is 0.391. The minimum absolute atomic E-state index is 0.0280. The van der Waals surface area contributed by atoms with Crippen LogP contribution < -0.4 is 9.47 Å². The van der Waals surface area contributed by atoms with Crippen molar-refractivity contribution in [2.24, 2.45) is 0 Å². The van der Waals surface area contributed by atoms with Crippen molar-refractivity contribution in [2.75, 3.05) is 39.4 Å². The summed E-state index contributed by atoms with van der Waals surface area (Å²) < 4.78 is 11.1. The molecule has 1 atom stereocenters. The van der Waals surface area contributed by atoms with Gasteiger partial charge in [-0.3, -0.25) is 9.69 Å². The van der Waals surface area contributed by atoms with E-state index in [-0.39, 0.29) is 18.6 Å². The molecular weight excluding hydrogens is 366 g/mol. The van der Waals surface area contributed by atoms with Crippen LogP contribution in [0.25, 0.3) is 0 Å². The summed E-state index contributed by atoms with van der Waals surface area (Å²) in [4.78, 5) is 16.4. The van der Waals surface area contributed by atoms with Crippen LogP contribution in [-0.2, 0) is 4.79 Å². The van der Waals surface area contributed by atoms with E-state index < -0.39 is 0 Å². The van der Waals surface area contributed by atoms with E-state index in [1.54, 1.807) is 4.90 Å². The second kappa shape index (κ2) is 9.94. The van der Waals surface area contributed by atoms with Gasteiger partial charge in [-0.15, -0.1) is 0 Å². The van der Waals surface area contributed by atoms with Crippen LogP contribution in [-0.4, -0.2) is 55.1 Å². The predicted molar refractivity (Wildman–Crippen MR) is 111 cm³/mol. The van der Waals surface area contributed by atoms with E-state index in [0.29, 0.717) is 38.5 Å². The topological polar surface area (TPSA) is 65.8 Å². The minimum atomic E-state index is -0.327. The zero-order valence-corrected chi connectivity index (χ0v) is 17.0. The number of nitrogens with zero attached hydrogens (tertiary/aromatic N) is 3. The molecule has 1 heterocycles. The number of hydrogen-bond donors (Lipinski definition) is 0. The fourth-order valence-electron chi connectivity index (χ4n) is 3.38. The number of amides is 1. The molecule has 2 aromatic rings. The zero-order chi connectivity index (χ0) is 20.6. The maximum atomic E-state index is 12.5. The number of piperazine rings is 1. The van der Waals surface area contributed by atoms with Crippen LogP contribution in [0.4, 0.5) is 0 Å². The Hall–Kier alpha value is -3.04. The van der Waals surface area contributed by atoms with E-state index in [1.807, 2.05) is 62.4 Å². The van der Waals surface area contributed by atoms with Crippen LogP contribution >= 0.6 is 0 Å². The number of aryl methyl sites for hydroxylation is 1. The van der Waals surface area contributed by atoms with Gasteiger partial charge in [-0.1, -0.05) is 29.8 Å². The summed E-state index contributed by atoms with van der Waals surface area (Å²) in [6.45, 7) is 7.09. The predicted octanol–water partition coefficient (Wildman–Crippen LogP) is 3.18. The number of carbonyl (C=O) groups is 1. The first kappa shape index (κ1) is 20.7. The molecule has 1 amide bonds. The highest BCUT2D eigenvalue weighted by molar-refractivity contribution is 5.77. The van der Waals surface area contributed by atoms with Gasteiger partial charge in [0.25, 0.3) is 5.91 Å². The molecule has 0 saturated carbocycles. The largest absolute Gasteiger partial charge is 0.494 e. The molecule has 0 aromatic heterocycles. The molecule has 2 aromatic carbocycles. The lowest BCUT2D eigenvalue weighted by molar-refractivity contribution is -0.135. The van der Waals surface area contributed by atoms with Gasteiger partial charge < -0.3 is 14.4 Å². The van der Waals surface area contributed by atoms with Gasteiger partial charge in [-0.05, 0) is 43.7 Å². The van der Waals surface area contributed by atoms with Gasteiger partial charge in [0.2, 0.25) is 0 Å². The quantitative estimate of drug-likeness (QED) is 0.723. The first-order chi connectivity index (χ1) is 14.1. The lowest BCUT2D eigenvalue weighted by atomic mass is 10.1. The Kier molecular flexibility index (Phi) is 7.09. The SMILES string of the molecule is CCOc1ccc(C(C#N)N2CCN(C(=O)COc3ccc(C)cc3)CC2)cc1. The fourth-order valence-corrected chi connectivity index (χ4v) is 3.38. The van der Waals surface area contributed by atoms with Crippen molar-refractivity contribution in [3.05, 3.63) is 59.7 Å². The van der Waals surface area contributed by atoms with E-state index in [2.05, 4.69) is 11.0 Å². The molecular formula is C23H27N3O3. The lowest BCUT2D eigenvalue weighted by Crippen LogP contribution is -2.50.